The lowest BCUT2D eigenvalue weighted by atomic mass is 10.1. The van der Waals surface area contributed by atoms with Crippen molar-refractivity contribution in [3.63, 3.8) is 0 Å². The summed E-state index contributed by atoms with van der Waals surface area (Å²) < 4.78 is 16.5. The highest BCUT2D eigenvalue weighted by molar-refractivity contribution is 7.99. The largest absolute Gasteiger partial charge is 0.490 e. The van der Waals surface area contributed by atoms with Gasteiger partial charge in [-0.2, -0.15) is 11.8 Å². The van der Waals surface area contributed by atoms with Crippen LogP contribution in [0.5, 0.6) is 11.5 Å². The van der Waals surface area contributed by atoms with Gasteiger partial charge in [-0.05, 0) is 24.7 Å². The lowest BCUT2D eigenvalue weighted by molar-refractivity contribution is 0.218. The second-order valence-corrected chi connectivity index (χ2v) is 5.82. The van der Waals surface area contributed by atoms with Crippen molar-refractivity contribution in [2.75, 3.05) is 45.5 Å². The first-order chi connectivity index (χ1) is 9.85. The third-order valence-corrected chi connectivity index (χ3v) is 4.26. The van der Waals surface area contributed by atoms with Crippen LogP contribution >= 0.6 is 11.8 Å². The zero-order chi connectivity index (χ0) is 14.2. The third-order valence-electron chi connectivity index (χ3n) is 3.24. The van der Waals surface area contributed by atoms with Crippen LogP contribution in [0.4, 0.5) is 0 Å². The van der Waals surface area contributed by atoms with Gasteiger partial charge in [0.05, 0.1) is 19.8 Å². The molecule has 1 N–H and O–H groups in total. The van der Waals surface area contributed by atoms with Crippen molar-refractivity contribution >= 4 is 11.8 Å². The minimum Gasteiger partial charge on any atom is -0.490 e. The summed E-state index contributed by atoms with van der Waals surface area (Å²) in [7, 11) is 3.73. The molecule has 1 aromatic rings. The Morgan fingerprint density at radius 2 is 2.10 bits per heavy atom. The summed E-state index contributed by atoms with van der Waals surface area (Å²) in [5.41, 5.74) is 1.24. The fourth-order valence-corrected chi connectivity index (χ4v) is 3.13. The van der Waals surface area contributed by atoms with Gasteiger partial charge < -0.3 is 19.5 Å². The summed E-state index contributed by atoms with van der Waals surface area (Å²) >= 11 is 1.89. The number of hydrogen-bond acceptors (Lipinski definition) is 5. The van der Waals surface area contributed by atoms with Gasteiger partial charge in [0, 0.05) is 31.1 Å². The van der Waals surface area contributed by atoms with Crippen LogP contribution in [-0.2, 0) is 4.74 Å². The summed E-state index contributed by atoms with van der Waals surface area (Å²) in [4.78, 5) is 0. The molecular weight excluding hydrogens is 274 g/mol. The highest BCUT2D eigenvalue weighted by Gasteiger charge is 2.15. The van der Waals surface area contributed by atoms with Gasteiger partial charge in [-0.3, -0.25) is 0 Å². The average molecular weight is 297 g/mol. The molecule has 1 heterocycles. The smallest absolute Gasteiger partial charge is 0.161 e. The molecular formula is C15H23NO3S. The van der Waals surface area contributed by atoms with Crippen molar-refractivity contribution in [1.82, 2.24) is 5.32 Å². The fraction of sp³-hybridized carbons (Fsp3) is 0.600. The molecule has 20 heavy (non-hydrogen) atoms. The maximum Gasteiger partial charge on any atom is 0.161 e. The molecule has 0 saturated carbocycles. The Balaban J connectivity index is 2.00. The first-order valence-corrected chi connectivity index (χ1v) is 8.14. The van der Waals surface area contributed by atoms with Crippen molar-refractivity contribution < 1.29 is 14.2 Å². The molecule has 0 spiro atoms. The van der Waals surface area contributed by atoms with E-state index < -0.39 is 0 Å². The molecule has 0 bridgehead atoms. The van der Waals surface area contributed by atoms with E-state index in [9.17, 15) is 0 Å². The van der Waals surface area contributed by atoms with E-state index >= 15 is 0 Å². The zero-order valence-electron chi connectivity index (χ0n) is 12.2. The fourth-order valence-electron chi connectivity index (χ4n) is 2.09. The summed E-state index contributed by atoms with van der Waals surface area (Å²) in [6, 6.07) is 6.54. The van der Waals surface area contributed by atoms with E-state index in [1.807, 2.05) is 24.9 Å². The van der Waals surface area contributed by atoms with Crippen LogP contribution < -0.4 is 14.8 Å². The number of hydrogen-bond donors (Lipinski definition) is 1. The molecule has 0 saturated heterocycles. The van der Waals surface area contributed by atoms with E-state index in [2.05, 4.69) is 17.4 Å². The Bertz CT molecular complexity index is 414. The van der Waals surface area contributed by atoms with Crippen molar-refractivity contribution in [3.05, 3.63) is 23.8 Å². The Labute approximate surface area is 125 Å². The van der Waals surface area contributed by atoms with Gasteiger partial charge in [-0.25, -0.2) is 0 Å². The number of rotatable bonds is 7. The minimum atomic E-state index is 0.314. The van der Waals surface area contributed by atoms with Crippen LogP contribution in [0.25, 0.3) is 0 Å². The number of nitrogens with one attached hydrogen (secondary N) is 1. The second-order valence-electron chi connectivity index (χ2n) is 4.67. The molecule has 4 nitrogen and oxygen atoms in total. The van der Waals surface area contributed by atoms with E-state index in [4.69, 9.17) is 14.2 Å². The highest BCUT2D eigenvalue weighted by Crippen LogP contribution is 2.32. The predicted molar refractivity (Wildman–Crippen MR) is 83.1 cm³/mol. The van der Waals surface area contributed by atoms with Gasteiger partial charge in [0.1, 0.15) is 0 Å². The maximum atomic E-state index is 5.75. The molecule has 0 fully saturated rings. The summed E-state index contributed by atoms with van der Waals surface area (Å²) in [5, 5.41) is 3.36. The van der Waals surface area contributed by atoms with E-state index in [0.29, 0.717) is 6.04 Å². The second kappa shape index (κ2) is 8.39. The molecule has 1 unspecified atom stereocenters. The quantitative estimate of drug-likeness (QED) is 0.783. The van der Waals surface area contributed by atoms with Crippen LogP contribution in [-0.4, -0.2) is 45.5 Å². The van der Waals surface area contributed by atoms with Crippen molar-refractivity contribution in [2.45, 2.75) is 12.5 Å². The SMILES string of the molecule is CNC(CSCCOC)c1ccc2c(c1)OCCCO2. The number of methoxy groups -OCH3 is 1. The van der Waals surface area contributed by atoms with Gasteiger partial charge in [-0.15, -0.1) is 0 Å². The maximum absolute atomic E-state index is 5.75. The van der Waals surface area contributed by atoms with Gasteiger partial charge in [0.25, 0.3) is 0 Å². The van der Waals surface area contributed by atoms with E-state index in [0.717, 1.165) is 49.2 Å². The van der Waals surface area contributed by atoms with Gasteiger partial charge in [0.15, 0.2) is 11.5 Å². The Hall–Kier alpha value is -0.910. The lowest BCUT2D eigenvalue weighted by Gasteiger charge is -2.18. The van der Waals surface area contributed by atoms with Crippen LogP contribution in [0.1, 0.15) is 18.0 Å². The van der Waals surface area contributed by atoms with Crippen molar-refractivity contribution in [1.29, 1.82) is 0 Å². The van der Waals surface area contributed by atoms with Crippen LogP contribution in [0.15, 0.2) is 18.2 Å². The third kappa shape index (κ3) is 4.30. The predicted octanol–water partition coefficient (Wildman–Crippen LogP) is 2.49. The average Bonchev–Trinajstić information content (AvgIpc) is 2.72. The van der Waals surface area contributed by atoms with Crippen molar-refractivity contribution in [3.8, 4) is 11.5 Å². The molecule has 1 aliphatic heterocycles. The molecule has 112 valence electrons. The molecule has 2 rings (SSSR count). The molecule has 0 amide bonds. The summed E-state index contributed by atoms with van der Waals surface area (Å²) in [6.45, 7) is 2.25. The monoisotopic (exact) mass is 297 g/mol. The molecule has 0 radical (unpaired) electrons. The van der Waals surface area contributed by atoms with E-state index in [1.54, 1.807) is 7.11 Å². The number of fused-ring (bicyclic) bond motifs is 1. The normalized spacial score (nSPS) is 15.7. The lowest BCUT2D eigenvalue weighted by Crippen LogP contribution is -2.19. The Morgan fingerprint density at radius 1 is 1.30 bits per heavy atom. The van der Waals surface area contributed by atoms with Crippen LogP contribution in [0, 0.1) is 0 Å². The summed E-state index contributed by atoms with van der Waals surface area (Å²) in [6.07, 6.45) is 0.937. The molecule has 5 heteroatoms. The Morgan fingerprint density at radius 3 is 2.85 bits per heavy atom. The van der Waals surface area contributed by atoms with E-state index in [1.165, 1.54) is 5.56 Å². The van der Waals surface area contributed by atoms with E-state index in [-0.39, 0.29) is 0 Å². The number of benzene rings is 1. The number of thioether (sulfide) groups is 1. The van der Waals surface area contributed by atoms with Gasteiger partial charge >= 0.3 is 0 Å². The Kier molecular flexibility index (Phi) is 6.50. The molecule has 0 aromatic heterocycles. The standard InChI is InChI=1S/C15H23NO3S/c1-16-13(11-20-9-8-17-2)12-4-5-14-15(10-12)19-7-3-6-18-14/h4-5,10,13,16H,3,6-9,11H2,1-2H3. The highest BCUT2D eigenvalue weighted by atomic mass is 32.2. The first kappa shape index (κ1) is 15.5. The first-order valence-electron chi connectivity index (χ1n) is 6.98. The van der Waals surface area contributed by atoms with Crippen LogP contribution in [0.3, 0.4) is 0 Å². The molecule has 1 atom stereocenters. The number of ether oxygens (including phenoxy) is 3. The topological polar surface area (TPSA) is 39.7 Å². The van der Waals surface area contributed by atoms with Crippen molar-refractivity contribution in [2.24, 2.45) is 0 Å². The minimum absolute atomic E-state index is 0.314. The molecule has 1 aliphatic rings. The van der Waals surface area contributed by atoms with Gasteiger partial charge in [-0.1, -0.05) is 6.07 Å². The molecule has 0 aliphatic carbocycles. The van der Waals surface area contributed by atoms with Crippen LogP contribution in [0.2, 0.25) is 0 Å². The zero-order valence-corrected chi connectivity index (χ0v) is 13.0. The van der Waals surface area contributed by atoms with Gasteiger partial charge in [0.2, 0.25) is 0 Å². The molecule has 1 aromatic carbocycles. The summed E-state index contributed by atoms with van der Waals surface area (Å²) in [5.74, 6) is 3.74.